The molecule has 2 aromatic carbocycles. The third-order valence-corrected chi connectivity index (χ3v) is 5.57. The van der Waals surface area contributed by atoms with Gasteiger partial charge in [-0.2, -0.15) is 0 Å². The van der Waals surface area contributed by atoms with Gasteiger partial charge >= 0.3 is 0 Å². The van der Waals surface area contributed by atoms with E-state index in [9.17, 15) is 9.59 Å². The number of aromatic nitrogens is 2. The zero-order chi connectivity index (χ0) is 21.1. The van der Waals surface area contributed by atoms with E-state index in [1.54, 1.807) is 42.0 Å². The maximum Gasteiger partial charge on any atom is 0.262 e. The SMILES string of the molecule is COC[C@@H](C)n1c(SCC(=O)Nc2ccc3c(c2)OCO3)nc2ccccc2c1=O. The van der Waals surface area contributed by atoms with E-state index in [1.807, 2.05) is 19.1 Å². The second-order valence-electron chi connectivity index (χ2n) is 6.80. The first-order valence-electron chi connectivity index (χ1n) is 9.39. The molecule has 0 saturated heterocycles. The highest BCUT2D eigenvalue weighted by Crippen LogP contribution is 2.34. The first-order chi connectivity index (χ1) is 14.6. The average molecular weight is 427 g/mol. The molecule has 2 heterocycles. The molecule has 3 aromatic rings. The van der Waals surface area contributed by atoms with Gasteiger partial charge in [-0.05, 0) is 31.2 Å². The number of carbonyl (C=O) groups excluding carboxylic acids is 1. The molecule has 9 heteroatoms. The highest BCUT2D eigenvalue weighted by atomic mass is 32.2. The highest BCUT2D eigenvalue weighted by Gasteiger charge is 2.18. The van der Waals surface area contributed by atoms with Gasteiger partial charge in [0.1, 0.15) is 0 Å². The topological polar surface area (TPSA) is 91.7 Å². The van der Waals surface area contributed by atoms with E-state index in [-0.39, 0.29) is 30.1 Å². The van der Waals surface area contributed by atoms with Crippen LogP contribution < -0.4 is 20.3 Å². The quantitative estimate of drug-likeness (QED) is 0.458. The van der Waals surface area contributed by atoms with Crippen LogP contribution in [0.3, 0.4) is 0 Å². The first-order valence-corrected chi connectivity index (χ1v) is 10.4. The monoisotopic (exact) mass is 427 g/mol. The van der Waals surface area contributed by atoms with Crippen LogP contribution in [0.2, 0.25) is 0 Å². The van der Waals surface area contributed by atoms with Crippen LogP contribution in [-0.4, -0.2) is 41.7 Å². The lowest BCUT2D eigenvalue weighted by atomic mass is 10.2. The van der Waals surface area contributed by atoms with Gasteiger partial charge in [-0.15, -0.1) is 0 Å². The fourth-order valence-corrected chi connectivity index (χ4v) is 4.13. The van der Waals surface area contributed by atoms with Crippen LogP contribution in [-0.2, 0) is 9.53 Å². The summed E-state index contributed by atoms with van der Waals surface area (Å²) in [7, 11) is 1.58. The maximum absolute atomic E-state index is 13.0. The number of fused-ring (bicyclic) bond motifs is 2. The number of amides is 1. The summed E-state index contributed by atoms with van der Waals surface area (Å²) in [6.45, 7) is 2.42. The minimum atomic E-state index is -0.223. The lowest BCUT2D eigenvalue weighted by Gasteiger charge is -2.18. The van der Waals surface area contributed by atoms with Crippen molar-refractivity contribution in [1.82, 2.24) is 9.55 Å². The fraction of sp³-hybridized carbons (Fsp3) is 0.286. The van der Waals surface area contributed by atoms with Gasteiger partial charge in [0.25, 0.3) is 5.56 Å². The fourth-order valence-electron chi connectivity index (χ4n) is 3.23. The van der Waals surface area contributed by atoms with E-state index in [4.69, 9.17) is 14.2 Å². The zero-order valence-corrected chi connectivity index (χ0v) is 17.4. The molecule has 8 nitrogen and oxygen atoms in total. The summed E-state index contributed by atoms with van der Waals surface area (Å²) in [5.74, 6) is 1.13. The molecular weight excluding hydrogens is 406 g/mol. The molecule has 1 atom stereocenters. The smallest absolute Gasteiger partial charge is 0.262 e. The molecule has 1 aliphatic rings. The number of nitrogens with zero attached hydrogens (tertiary/aromatic N) is 2. The van der Waals surface area contributed by atoms with Crippen molar-refractivity contribution in [3.05, 3.63) is 52.8 Å². The number of anilines is 1. The molecule has 1 N–H and O–H groups in total. The Hall–Kier alpha value is -3.04. The van der Waals surface area contributed by atoms with Gasteiger partial charge in [-0.25, -0.2) is 4.98 Å². The van der Waals surface area contributed by atoms with E-state index >= 15 is 0 Å². The van der Waals surface area contributed by atoms with E-state index < -0.39 is 0 Å². The van der Waals surface area contributed by atoms with Gasteiger partial charge < -0.3 is 19.5 Å². The number of hydrogen-bond donors (Lipinski definition) is 1. The number of thioether (sulfide) groups is 1. The lowest BCUT2D eigenvalue weighted by molar-refractivity contribution is -0.113. The van der Waals surface area contributed by atoms with Gasteiger partial charge in [0.2, 0.25) is 12.7 Å². The van der Waals surface area contributed by atoms with Crippen LogP contribution in [0.25, 0.3) is 10.9 Å². The summed E-state index contributed by atoms with van der Waals surface area (Å²) in [6.07, 6.45) is 0. The molecule has 4 rings (SSSR count). The molecule has 1 amide bonds. The number of benzene rings is 2. The zero-order valence-electron chi connectivity index (χ0n) is 16.6. The molecule has 0 fully saturated rings. The van der Waals surface area contributed by atoms with E-state index in [1.165, 1.54) is 11.8 Å². The van der Waals surface area contributed by atoms with Crippen molar-refractivity contribution in [1.29, 1.82) is 0 Å². The van der Waals surface area contributed by atoms with Gasteiger partial charge in [-0.1, -0.05) is 23.9 Å². The van der Waals surface area contributed by atoms with Crippen LogP contribution in [0, 0.1) is 0 Å². The third-order valence-electron chi connectivity index (χ3n) is 4.61. The number of hydrogen-bond acceptors (Lipinski definition) is 7. The van der Waals surface area contributed by atoms with Crippen LogP contribution in [0.4, 0.5) is 5.69 Å². The van der Waals surface area contributed by atoms with Crippen molar-refractivity contribution in [3.63, 3.8) is 0 Å². The van der Waals surface area contributed by atoms with Crippen molar-refractivity contribution >= 4 is 34.3 Å². The first kappa shape index (κ1) is 20.2. The highest BCUT2D eigenvalue weighted by molar-refractivity contribution is 7.99. The minimum absolute atomic E-state index is 0.0962. The predicted molar refractivity (Wildman–Crippen MR) is 115 cm³/mol. The van der Waals surface area contributed by atoms with E-state index in [0.29, 0.717) is 39.9 Å². The molecule has 30 heavy (non-hydrogen) atoms. The Kier molecular flexibility index (Phi) is 5.91. The Balaban J connectivity index is 1.54. The summed E-state index contributed by atoms with van der Waals surface area (Å²) in [5, 5.41) is 3.85. The van der Waals surface area contributed by atoms with Gasteiger partial charge in [0.15, 0.2) is 16.7 Å². The van der Waals surface area contributed by atoms with Crippen molar-refractivity contribution in [2.24, 2.45) is 0 Å². The van der Waals surface area contributed by atoms with Crippen molar-refractivity contribution in [3.8, 4) is 11.5 Å². The molecule has 156 valence electrons. The van der Waals surface area contributed by atoms with Crippen molar-refractivity contribution in [2.45, 2.75) is 18.1 Å². The van der Waals surface area contributed by atoms with E-state index in [2.05, 4.69) is 10.3 Å². The largest absolute Gasteiger partial charge is 0.454 e. The van der Waals surface area contributed by atoms with Crippen LogP contribution in [0.5, 0.6) is 11.5 Å². The second kappa shape index (κ2) is 8.76. The Labute approximate surface area is 177 Å². The molecule has 0 spiro atoms. The lowest BCUT2D eigenvalue weighted by Crippen LogP contribution is -2.29. The molecule has 0 unspecified atom stereocenters. The Morgan fingerprint density at radius 2 is 2.07 bits per heavy atom. The van der Waals surface area contributed by atoms with Gasteiger partial charge in [0.05, 0.1) is 29.3 Å². The maximum atomic E-state index is 13.0. The Bertz CT molecular complexity index is 1150. The molecule has 1 aromatic heterocycles. The number of para-hydroxylation sites is 1. The second-order valence-corrected chi connectivity index (χ2v) is 7.74. The molecule has 1 aliphatic heterocycles. The summed E-state index contributed by atoms with van der Waals surface area (Å²) < 4.78 is 17.4. The standard InChI is InChI=1S/C21H21N3O5S/c1-13(10-27-2)24-20(26)15-5-3-4-6-16(15)23-21(24)30-11-19(25)22-14-7-8-17-18(9-14)29-12-28-17/h3-9,13H,10-12H2,1-2H3,(H,22,25)/t13-/m1/s1. The summed E-state index contributed by atoms with van der Waals surface area (Å²) in [5.41, 5.74) is 1.06. The summed E-state index contributed by atoms with van der Waals surface area (Å²) in [6, 6.07) is 12.2. The van der Waals surface area contributed by atoms with Gasteiger partial charge in [0, 0.05) is 18.9 Å². The number of rotatable bonds is 7. The van der Waals surface area contributed by atoms with Crippen LogP contribution in [0.1, 0.15) is 13.0 Å². The Morgan fingerprint density at radius 3 is 2.90 bits per heavy atom. The van der Waals surface area contributed by atoms with Crippen molar-refractivity contribution in [2.75, 3.05) is 31.6 Å². The molecule has 0 bridgehead atoms. The van der Waals surface area contributed by atoms with Crippen LogP contribution in [0.15, 0.2) is 52.4 Å². The average Bonchev–Trinajstić information content (AvgIpc) is 3.20. The van der Waals surface area contributed by atoms with Gasteiger partial charge in [-0.3, -0.25) is 14.2 Å². The molecule has 0 radical (unpaired) electrons. The number of methoxy groups -OCH3 is 1. The Morgan fingerprint density at radius 1 is 1.27 bits per heavy atom. The minimum Gasteiger partial charge on any atom is -0.454 e. The third kappa shape index (κ3) is 4.12. The predicted octanol–water partition coefficient (Wildman–Crippen LogP) is 3.06. The number of ether oxygens (including phenoxy) is 3. The molecule has 0 aliphatic carbocycles. The normalized spacial score (nSPS) is 13.4. The summed E-state index contributed by atoms with van der Waals surface area (Å²) in [4.78, 5) is 30.2. The number of carbonyl (C=O) groups is 1. The van der Waals surface area contributed by atoms with Crippen LogP contribution >= 0.6 is 11.8 Å². The molecular formula is C21H21N3O5S. The summed E-state index contributed by atoms with van der Waals surface area (Å²) >= 11 is 1.21. The molecule has 0 saturated carbocycles. The number of nitrogens with one attached hydrogen (secondary N) is 1. The van der Waals surface area contributed by atoms with E-state index in [0.717, 1.165) is 0 Å². The van der Waals surface area contributed by atoms with Crippen molar-refractivity contribution < 1.29 is 19.0 Å².